The van der Waals surface area contributed by atoms with Gasteiger partial charge in [0.05, 0.1) is 5.69 Å². The van der Waals surface area contributed by atoms with Crippen molar-refractivity contribution in [1.29, 1.82) is 0 Å². The van der Waals surface area contributed by atoms with Crippen LogP contribution in [0.4, 0.5) is 5.69 Å². The first-order chi connectivity index (χ1) is 6.34. The van der Waals surface area contributed by atoms with Crippen LogP contribution in [0.2, 0.25) is 0 Å². The number of nitrogens with one attached hydrogen (secondary N) is 1. The highest BCUT2D eigenvalue weighted by Crippen LogP contribution is 2.17. The summed E-state index contributed by atoms with van der Waals surface area (Å²) in [5.41, 5.74) is 1.08. The van der Waals surface area contributed by atoms with Gasteiger partial charge in [-0.05, 0) is 34.5 Å². The van der Waals surface area contributed by atoms with Crippen molar-refractivity contribution in [3.05, 3.63) is 22.9 Å². The molecule has 0 aliphatic rings. The second-order valence-electron chi connectivity index (χ2n) is 2.98. The fraction of sp³-hybridized carbons (Fsp3) is 0.500. The van der Waals surface area contributed by atoms with Gasteiger partial charge in [-0.1, -0.05) is 19.8 Å². The van der Waals surface area contributed by atoms with Crippen molar-refractivity contribution >= 4 is 21.6 Å². The molecule has 0 spiro atoms. The predicted octanol–water partition coefficient (Wildman–Crippen LogP) is 3.45. The van der Waals surface area contributed by atoms with Crippen molar-refractivity contribution in [2.45, 2.75) is 26.2 Å². The fourth-order valence-electron chi connectivity index (χ4n) is 1.12. The minimum Gasteiger partial charge on any atom is -0.383 e. The highest BCUT2D eigenvalue weighted by Gasteiger charge is 1.96. The maximum atomic E-state index is 4.13. The third kappa shape index (κ3) is 3.77. The normalized spacial score (nSPS) is 10.0. The monoisotopic (exact) mass is 242 g/mol. The number of nitrogens with zero attached hydrogens (tertiary/aromatic N) is 1. The maximum Gasteiger partial charge on any atom is 0.129 e. The Morgan fingerprint density at radius 3 is 3.00 bits per heavy atom. The van der Waals surface area contributed by atoms with Gasteiger partial charge >= 0.3 is 0 Å². The molecule has 1 N–H and O–H groups in total. The number of hydrogen-bond acceptors (Lipinski definition) is 2. The van der Waals surface area contributed by atoms with Crippen LogP contribution in [0.1, 0.15) is 26.2 Å². The molecule has 1 aromatic rings. The fourth-order valence-corrected chi connectivity index (χ4v) is 1.51. The topological polar surface area (TPSA) is 24.9 Å². The van der Waals surface area contributed by atoms with E-state index in [1.165, 1.54) is 19.3 Å². The largest absolute Gasteiger partial charge is 0.383 e. The van der Waals surface area contributed by atoms with Crippen molar-refractivity contribution in [2.75, 3.05) is 11.9 Å². The summed E-state index contributed by atoms with van der Waals surface area (Å²) in [6.07, 6.45) is 5.54. The van der Waals surface area contributed by atoms with E-state index >= 15 is 0 Å². The van der Waals surface area contributed by atoms with Crippen LogP contribution in [-0.2, 0) is 0 Å². The predicted molar refractivity (Wildman–Crippen MR) is 60.0 cm³/mol. The van der Waals surface area contributed by atoms with Gasteiger partial charge in [0.1, 0.15) is 4.60 Å². The van der Waals surface area contributed by atoms with Crippen LogP contribution < -0.4 is 5.32 Å². The van der Waals surface area contributed by atoms with Gasteiger partial charge in [0, 0.05) is 12.7 Å². The lowest BCUT2D eigenvalue weighted by Gasteiger charge is -2.06. The number of rotatable bonds is 5. The molecule has 0 bridgehead atoms. The van der Waals surface area contributed by atoms with Crippen LogP contribution in [0.15, 0.2) is 22.9 Å². The molecule has 0 saturated carbocycles. The Hall–Kier alpha value is -0.570. The van der Waals surface area contributed by atoms with E-state index in [1.807, 2.05) is 12.1 Å². The van der Waals surface area contributed by atoms with E-state index < -0.39 is 0 Å². The Morgan fingerprint density at radius 2 is 2.31 bits per heavy atom. The van der Waals surface area contributed by atoms with Crippen LogP contribution in [0.3, 0.4) is 0 Å². The molecular weight excluding hydrogens is 228 g/mol. The molecule has 13 heavy (non-hydrogen) atoms. The molecule has 3 heteroatoms. The van der Waals surface area contributed by atoms with Gasteiger partial charge in [-0.3, -0.25) is 0 Å². The lowest BCUT2D eigenvalue weighted by molar-refractivity contribution is 0.743. The van der Waals surface area contributed by atoms with Crippen LogP contribution >= 0.6 is 15.9 Å². The van der Waals surface area contributed by atoms with E-state index in [1.54, 1.807) is 6.20 Å². The highest BCUT2D eigenvalue weighted by atomic mass is 79.9. The number of hydrogen-bond donors (Lipinski definition) is 1. The zero-order chi connectivity index (χ0) is 9.52. The summed E-state index contributed by atoms with van der Waals surface area (Å²) in [5, 5.41) is 3.34. The molecule has 1 rings (SSSR count). The van der Waals surface area contributed by atoms with E-state index in [9.17, 15) is 0 Å². The summed E-state index contributed by atoms with van der Waals surface area (Å²) in [6.45, 7) is 3.23. The quantitative estimate of drug-likeness (QED) is 0.632. The molecule has 0 aliphatic heterocycles. The molecule has 1 heterocycles. The molecule has 0 unspecified atom stereocenters. The molecule has 0 atom stereocenters. The summed E-state index contributed by atoms with van der Waals surface area (Å²) < 4.78 is 0.895. The minimum absolute atomic E-state index is 0.895. The van der Waals surface area contributed by atoms with Gasteiger partial charge in [0.15, 0.2) is 0 Å². The van der Waals surface area contributed by atoms with E-state index in [0.717, 1.165) is 16.8 Å². The Morgan fingerprint density at radius 1 is 1.46 bits per heavy atom. The Bertz CT molecular complexity index is 250. The van der Waals surface area contributed by atoms with E-state index in [2.05, 4.69) is 33.2 Å². The number of aromatic nitrogens is 1. The van der Waals surface area contributed by atoms with Gasteiger partial charge in [0.25, 0.3) is 0 Å². The van der Waals surface area contributed by atoms with Crippen LogP contribution in [0, 0.1) is 0 Å². The molecule has 1 aromatic heterocycles. The first kappa shape index (κ1) is 10.5. The van der Waals surface area contributed by atoms with E-state index in [0.29, 0.717) is 0 Å². The summed E-state index contributed by atoms with van der Waals surface area (Å²) in [6, 6.07) is 3.97. The minimum atomic E-state index is 0.895. The SMILES string of the molecule is CCCCCNc1cccnc1Br. The molecule has 2 nitrogen and oxygen atoms in total. The summed E-state index contributed by atoms with van der Waals surface area (Å²) in [5.74, 6) is 0. The van der Waals surface area contributed by atoms with Crippen molar-refractivity contribution in [2.24, 2.45) is 0 Å². The summed E-state index contributed by atoms with van der Waals surface area (Å²) in [7, 11) is 0. The lowest BCUT2D eigenvalue weighted by atomic mass is 10.2. The zero-order valence-electron chi connectivity index (χ0n) is 7.89. The van der Waals surface area contributed by atoms with Crippen LogP contribution in [0.5, 0.6) is 0 Å². The second-order valence-corrected chi connectivity index (χ2v) is 3.73. The first-order valence-corrected chi connectivity index (χ1v) is 5.48. The average Bonchev–Trinajstić information content (AvgIpc) is 2.15. The average molecular weight is 243 g/mol. The Labute approximate surface area is 87.9 Å². The van der Waals surface area contributed by atoms with Gasteiger partial charge in [0.2, 0.25) is 0 Å². The van der Waals surface area contributed by atoms with Crippen LogP contribution in [0.25, 0.3) is 0 Å². The molecule has 0 fully saturated rings. The number of halogens is 1. The van der Waals surface area contributed by atoms with Crippen LogP contribution in [-0.4, -0.2) is 11.5 Å². The summed E-state index contributed by atoms with van der Waals surface area (Å²) in [4.78, 5) is 4.13. The molecule has 0 aliphatic carbocycles. The molecule has 0 saturated heterocycles. The standard InChI is InChI=1S/C10H15BrN2/c1-2-3-4-7-12-9-6-5-8-13-10(9)11/h5-6,8,12H,2-4,7H2,1H3. The zero-order valence-corrected chi connectivity index (χ0v) is 9.47. The number of unbranched alkanes of at least 4 members (excludes halogenated alkanes) is 2. The molecule has 0 radical (unpaired) electrons. The third-order valence-corrected chi connectivity index (χ3v) is 2.49. The van der Waals surface area contributed by atoms with Crippen molar-refractivity contribution in [1.82, 2.24) is 4.98 Å². The molecule has 0 aromatic carbocycles. The smallest absolute Gasteiger partial charge is 0.129 e. The van der Waals surface area contributed by atoms with Gasteiger partial charge < -0.3 is 5.32 Å². The van der Waals surface area contributed by atoms with Crippen molar-refractivity contribution < 1.29 is 0 Å². The van der Waals surface area contributed by atoms with Gasteiger partial charge in [-0.15, -0.1) is 0 Å². The molecule has 72 valence electrons. The van der Waals surface area contributed by atoms with E-state index in [4.69, 9.17) is 0 Å². The molecular formula is C10H15BrN2. The lowest BCUT2D eigenvalue weighted by Crippen LogP contribution is -2.02. The Balaban J connectivity index is 2.32. The molecule has 0 amide bonds. The van der Waals surface area contributed by atoms with Gasteiger partial charge in [-0.25, -0.2) is 4.98 Å². The first-order valence-electron chi connectivity index (χ1n) is 4.69. The number of pyridine rings is 1. The van der Waals surface area contributed by atoms with Crippen molar-refractivity contribution in [3.8, 4) is 0 Å². The van der Waals surface area contributed by atoms with Crippen molar-refractivity contribution in [3.63, 3.8) is 0 Å². The highest BCUT2D eigenvalue weighted by molar-refractivity contribution is 9.10. The maximum absolute atomic E-state index is 4.13. The van der Waals surface area contributed by atoms with Gasteiger partial charge in [-0.2, -0.15) is 0 Å². The summed E-state index contributed by atoms with van der Waals surface area (Å²) >= 11 is 3.39. The Kier molecular flexibility index (Phi) is 4.83. The second kappa shape index (κ2) is 5.97. The number of anilines is 1. The van der Waals surface area contributed by atoms with E-state index in [-0.39, 0.29) is 0 Å². The third-order valence-electron chi connectivity index (χ3n) is 1.85.